The summed E-state index contributed by atoms with van der Waals surface area (Å²) in [7, 11) is 1.93. The molecule has 0 spiro atoms. The average Bonchev–Trinajstić information content (AvgIpc) is 2.37. The number of amides is 1. The summed E-state index contributed by atoms with van der Waals surface area (Å²) in [5, 5.41) is 0. The lowest BCUT2D eigenvalue weighted by atomic mass is 9.85. The van der Waals surface area contributed by atoms with Crippen molar-refractivity contribution in [3.05, 3.63) is 12.7 Å². The first-order valence-electron chi connectivity index (χ1n) is 7.26. The Bertz CT molecular complexity index is 271. The predicted molar refractivity (Wildman–Crippen MR) is 83.5 cm³/mol. The normalized spacial score (nSPS) is 22.4. The van der Waals surface area contributed by atoms with Gasteiger partial charge in [0.2, 0.25) is 5.91 Å². The summed E-state index contributed by atoms with van der Waals surface area (Å²) in [6.07, 6.45) is 10.6. The SMILES string of the molecule is C=CCCCCCN(C)C(=O)C1CCCC(N)C1.Cl. The summed E-state index contributed by atoms with van der Waals surface area (Å²) >= 11 is 0. The van der Waals surface area contributed by atoms with E-state index in [0.29, 0.717) is 5.91 Å². The molecule has 0 radical (unpaired) electrons. The van der Waals surface area contributed by atoms with Gasteiger partial charge in [0.05, 0.1) is 0 Å². The van der Waals surface area contributed by atoms with Gasteiger partial charge in [-0.05, 0) is 38.5 Å². The highest BCUT2D eigenvalue weighted by atomic mass is 35.5. The molecule has 19 heavy (non-hydrogen) atoms. The standard InChI is InChI=1S/C15H28N2O.ClH/c1-3-4-5-6-7-11-17(2)15(18)13-9-8-10-14(16)12-13;/h3,13-14H,1,4-12,16H2,2H3;1H. The van der Waals surface area contributed by atoms with E-state index in [0.717, 1.165) is 45.1 Å². The highest BCUT2D eigenvalue weighted by Gasteiger charge is 2.27. The monoisotopic (exact) mass is 288 g/mol. The van der Waals surface area contributed by atoms with Crippen molar-refractivity contribution in [2.24, 2.45) is 11.7 Å². The fraction of sp³-hybridized carbons (Fsp3) is 0.800. The van der Waals surface area contributed by atoms with Crippen LogP contribution in [0.5, 0.6) is 0 Å². The molecule has 0 bridgehead atoms. The maximum atomic E-state index is 12.2. The molecule has 1 aliphatic rings. The molecule has 1 amide bonds. The molecule has 2 atom stereocenters. The van der Waals surface area contributed by atoms with Gasteiger partial charge in [-0.25, -0.2) is 0 Å². The van der Waals surface area contributed by atoms with Crippen molar-refractivity contribution in [2.45, 2.75) is 57.4 Å². The average molecular weight is 289 g/mol. The van der Waals surface area contributed by atoms with Crippen LogP contribution in [0.1, 0.15) is 51.4 Å². The minimum Gasteiger partial charge on any atom is -0.346 e. The van der Waals surface area contributed by atoms with Gasteiger partial charge in [-0.3, -0.25) is 4.79 Å². The second kappa shape index (κ2) is 10.3. The van der Waals surface area contributed by atoms with Crippen molar-refractivity contribution in [3.63, 3.8) is 0 Å². The van der Waals surface area contributed by atoms with E-state index >= 15 is 0 Å². The molecular formula is C15H29ClN2O. The quantitative estimate of drug-likeness (QED) is 0.578. The van der Waals surface area contributed by atoms with Crippen LogP contribution in [-0.2, 0) is 4.79 Å². The topological polar surface area (TPSA) is 46.3 Å². The molecule has 1 rings (SSSR count). The van der Waals surface area contributed by atoms with Crippen molar-refractivity contribution in [3.8, 4) is 0 Å². The number of nitrogens with two attached hydrogens (primary N) is 1. The van der Waals surface area contributed by atoms with Gasteiger partial charge in [0, 0.05) is 25.6 Å². The Morgan fingerprint density at radius 1 is 1.37 bits per heavy atom. The Hall–Kier alpha value is -0.540. The molecule has 0 aromatic heterocycles. The molecule has 0 saturated heterocycles. The Morgan fingerprint density at radius 2 is 2.11 bits per heavy atom. The third-order valence-corrected chi connectivity index (χ3v) is 3.84. The second-order valence-corrected chi connectivity index (χ2v) is 5.52. The van der Waals surface area contributed by atoms with Gasteiger partial charge in [0.25, 0.3) is 0 Å². The van der Waals surface area contributed by atoms with Crippen LogP contribution in [0.3, 0.4) is 0 Å². The van der Waals surface area contributed by atoms with Gasteiger partial charge < -0.3 is 10.6 Å². The van der Waals surface area contributed by atoms with Crippen LogP contribution >= 0.6 is 12.4 Å². The van der Waals surface area contributed by atoms with Crippen LogP contribution in [-0.4, -0.2) is 30.4 Å². The third-order valence-electron chi connectivity index (χ3n) is 3.84. The zero-order valence-electron chi connectivity index (χ0n) is 12.1. The first kappa shape index (κ1) is 18.5. The van der Waals surface area contributed by atoms with E-state index < -0.39 is 0 Å². The van der Waals surface area contributed by atoms with Gasteiger partial charge >= 0.3 is 0 Å². The van der Waals surface area contributed by atoms with Gasteiger partial charge in [-0.15, -0.1) is 19.0 Å². The van der Waals surface area contributed by atoms with E-state index in [-0.39, 0.29) is 24.4 Å². The van der Waals surface area contributed by atoms with Crippen molar-refractivity contribution >= 4 is 18.3 Å². The van der Waals surface area contributed by atoms with Crippen LogP contribution < -0.4 is 5.73 Å². The summed E-state index contributed by atoms with van der Waals surface area (Å²) < 4.78 is 0. The number of hydrogen-bond donors (Lipinski definition) is 1. The fourth-order valence-corrected chi connectivity index (χ4v) is 2.69. The zero-order chi connectivity index (χ0) is 13.4. The number of nitrogens with zero attached hydrogens (tertiary/aromatic N) is 1. The molecule has 1 saturated carbocycles. The molecule has 0 aromatic carbocycles. The minimum atomic E-state index is 0. The largest absolute Gasteiger partial charge is 0.346 e. The molecule has 4 heteroatoms. The maximum absolute atomic E-state index is 12.2. The number of rotatable bonds is 7. The van der Waals surface area contributed by atoms with E-state index in [1.54, 1.807) is 0 Å². The summed E-state index contributed by atoms with van der Waals surface area (Å²) in [4.78, 5) is 14.1. The smallest absolute Gasteiger partial charge is 0.225 e. The Kier molecular flexibility index (Phi) is 9.98. The molecule has 0 aromatic rings. The second-order valence-electron chi connectivity index (χ2n) is 5.52. The van der Waals surface area contributed by atoms with E-state index in [2.05, 4.69) is 6.58 Å². The molecule has 1 fully saturated rings. The van der Waals surface area contributed by atoms with Crippen LogP contribution in [0.2, 0.25) is 0 Å². The van der Waals surface area contributed by atoms with E-state index in [1.165, 1.54) is 12.8 Å². The van der Waals surface area contributed by atoms with Crippen molar-refractivity contribution < 1.29 is 4.79 Å². The highest BCUT2D eigenvalue weighted by Crippen LogP contribution is 2.24. The number of carbonyl (C=O) groups excluding carboxylic acids is 1. The van der Waals surface area contributed by atoms with E-state index in [4.69, 9.17) is 5.73 Å². The number of unbranched alkanes of at least 4 members (excludes halogenated alkanes) is 3. The maximum Gasteiger partial charge on any atom is 0.225 e. The lowest BCUT2D eigenvalue weighted by Crippen LogP contribution is -2.39. The molecular weight excluding hydrogens is 260 g/mol. The molecule has 0 heterocycles. The van der Waals surface area contributed by atoms with Crippen LogP contribution in [0, 0.1) is 5.92 Å². The summed E-state index contributed by atoms with van der Waals surface area (Å²) in [5.41, 5.74) is 5.94. The summed E-state index contributed by atoms with van der Waals surface area (Å²) in [5.74, 6) is 0.473. The van der Waals surface area contributed by atoms with E-state index in [1.807, 2.05) is 18.0 Å². The van der Waals surface area contributed by atoms with Crippen molar-refractivity contribution in [2.75, 3.05) is 13.6 Å². The number of allylic oxidation sites excluding steroid dienone is 1. The Labute approximate surface area is 124 Å². The molecule has 112 valence electrons. The number of halogens is 1. The van der Waals surface area contributed by atoms with Gasteiger partial charge in [-0.1, -0.05) is 18.9 Å². The minimum absolute atomic E-state index is 0. The number of carbonyl (C=O) groups is 1. The van der Waals surface area contributed by atoms with Crippen LogP contribution in [0.25, 0.3) is 0 Å². The molecule has 1 aliphatic carbocycles. The summed E-state index contributed by atoms with van der Waals surface area (Å²) in [6, 6.07) is 0.230. The van der Waals surface area contributed by atoms with Gasteiger partial charge in [0.1, 0.15) is 0 Å². The van der Waals surface area contributed by atoms with Gasteiger partial charge in [-0.2, -0.15) is 0 Å². The summed E-state index contributed by atoms with van der Waals surface area (Å²) in [6.45, 7) is 4.59. The Morgan fingerprint density at radius 3 is 2.74 bits per heavy atom. The predicted octanol–water partition coefficient (Wildman–Crippen LogP) is 3.13. The third kappa shape index (κ3) is 6.98. The highest BCUT2D eigenvalue weighted by molar-refractivity contribution is 5.85. The zero-order valence-corrected chi connectivity index (χ0v) is 13.0. The van der Waals surface area contributed by atoms with Crippen molar-refractivity contribution in [1.82, 2.24) is 4.90 Å². The van der Waals surface area contributed by atoms with Crippen LogP contribution in [0.15, 0.2) is 12.7 Å². The van der Waals surface area contributed by atoms with Crippen LogP contribution in [0.4, 0.5) is 0 Å². The lowest BCUT2D eigenvalue weighted by Gasteiger charge is -2.29. The fourth-order valence-electron chi connectivity index (χ4n) is 2.69. The Balaban J connectivity index is 0.00000324. The first-order valence-corrected chi connectivity index (χ1v) is 7.26. The first-order chi connectivity index (χ1) is 8.65. The van der Waals surface area contributed by atoms with Crippen molar-refractivity contribution in [1.29, 1.82) is 0 Å². The number of hydrogen-bond acceptors (Lipinski definition) is 2. The van der Waals surface area contributed by atoms with E-state index in [9.17, 15) is 4.79 Å². The lowest BCUT2D eigenvalue weighted by molar-refractivity contribution is -0.135. The molecule has 2 N–H and O–H groups in total. The molecule has 2 unspecified atom stereocenters. The van der Waals surface area contributed by atoms with Gasteiger partial charge in [0.15, 0.2) is 0 Å². The molecule has 0 aliphatic heterocycles. The molecule has 3 nitrogen and oxygen atoms in total.